The summed E-state index contributed by atoms with van der Waals surface area (Å²) < 4.78 is 0. The minimum atomic E-state index is -0.162. The second kappa shape index (κ2) is 6.24. The molecule has 1 fully saturated rings. The van der Waals surface area contributed by atoms with Gasteiger partial charge in [0.2, 0.25) is 0 Å². The predicted molar refractivity (Wildman–Crippen MR) is 95.5 cm³/mol. The summed E-state index contributed by atoms with van der Waals surface area (Å²) in [6.07, 6.45) is 4.75. The molecule has 3 N–H and O–H groups in total. The largest absolute Gasteiger partial charge is 0.335 e. The summed E-state index contributed by atoms with van der Waals surface area (Å²) in [6, 6.07) is 5.75. The average Bonchev–Trinajstić information content (AvgIpc) is 3.27. The number of hydrogen-bond acceptors (Lipinski definition) is 4. The van der Waals surface area contributed by atoms with E-state index in [4.69, 9.17) is 0 Å². The van der Waals surface area contributed by atoms with E-state index in [1.54, 1.807) is 17.5 Å². The predicted octanol–water partition coefficient (Wildman–Crippen LogP) is 3.79. The highest BCUT2D eigenvalue weighted by Crippen LogP contribution is 2.36. The van der Waals surface area contributed by atoms with Crippen molar-refractivity contribution >= 4 is 34.0 Å². The zero-order valence-electron chi connectivity index (χ0n) is 13.4. The zero-order valence-corrected chi connectivity index (χ0v) is 14.2. The maximum absolute atomic E-state index is 12.3. The lowest BCUT2D eigenvalue weighted by molar-refractivity contribution is 0.248. The molecule has 0 spiro atoms. The molecule has 4 rings (SSSR count). The number of urea groups is 1. The molecule has 0 bridgehead atoms. The molecule has 2 amide bonds. The Morgan fingerprint density at radius 2 is 2.29 bits per heavy atom. The van der Waals surface area contributed by atoms with Crippen molar-refractivity contribution in [1.29, 1.82) is 0 Å². The molecule has 6 nitrogen and oxygen atoms in total. The van der Waals surface area contributed by atoms with E-state index in [2.05, 4.69) is 31.2 Å². The van der Waals surface area contributed by atoms with Crippen molar-refractivity contribution in [2.75, 3.05) is 5.32 Å². The van der Waals surface area contributed by atoms with Crippen molar-refractivity contribution in [3.8, 4) is 0 Å². The van der Waals surface area contributed by atoms with Gasteiger partial charge in [0.1, 0.15) is 0 Å². The number of nitrogens with one attached hydrogen (secondary N) is 3. The molecule has 1 aliphatic carbocycles. The van der Waals surface area contributed by atoms with E-state index in [0.29, 0.717) is 5.92 Å². The first kappa shape index (κ1) is 15.1. The van der Waals surface area contributed by atoms with Crippen LogP contribution in [-0.4, -0.2) is 27.3 Å². The minimum Gasteiger partial charge on any atom is -0.335 e. The number of fused-ring (bicyclic) bond motifs is 1. The van der Waals surface area contributed by atoms with Crippen molar-refractivity contribution < 1.29 is 4.79 Å². The summed E-state index contributed by atoms with van der Waals surface area (Å²) in [5.74, 6) is 0.464. The monoisotopic (exact) mass is 341 g/mol. The Bertz CT molecular complexity index is 871. The lowest BCUT2D eigenvalue weighted by Gasteiger charge is -2.14. The third-order valence-electron chi connectivity index (χ3n) is 4.49. The highest BCUT2D eigenvalue weighted by molar-refractivity contribution is 7.09. The number of anilines is 1. The minimum absolute atomic E-state index is 0.162. The fraction of sp³-hybridized carbons (Fsp3) is 0.353. The molecule has 0 unspecified atom stereocenters. The number of carbonyl (C=O) groups is 1. The van der Waals surface area contributed by atoms with Gasteiger partial charge < -0.3 is 10.6 Å². The molecule has 1 saturated carbocycles. The number of amides is 2. The quantitative estimate of drug-likeness (QED) is 0.678. The van der Waals surface area contributed by atoms with Gasteiger partial charge in [-0.05, 0) is 38.3 Å². The summed E-state index contributed by atoms with van der Waals surface area (Å²) in [6.45, 7) is 2.02. The Hall–Kier alpha value is -2.41. The van der Waals surface area contributed by atoms with Crippen LogP contribution in [0.15, 0.2) is 29.8 Å². The van der Waals surface area contributed by atoms with E-state index in [-0.39, 0.29) is 12.1 Å². The van der Waals surface area contributed by atoms with Crippen molar-refractivity contribution in [1.82, 2.24) is 20.5 Å². The lowest BCUT2D eigenvalue weighted by atomic mass is 10.1. The van der Waals surface area contributed by atoms with E-state index >= 15 is 0 Å². The Kier molecular flexibility index (Phi) is 3.93. The molecule has 1 aliphatic rings. The van der Waals surface area contributed by atoms with E-state index in [9.17, 15) is 4.79 Å². The third-order valence-corrected chi connectivity index (χ3v) is 5.61. The summed E-state index contributed by atoms with van der Waals surface area (Å²) >= 11 is 1.72. The Labute approximate surface area is 143 Å². The van der Waals surface area contributed by atoms with Gasteiger partial charge in [-0.3, -0.25) is 5.10 Å². The molecule has 124 valence electrons. The van der Waals surface area contributed by atoms with Crippen LogP contribution in [0.5, 0.6) is 0 Å². The van der Waals surface area contributed by atoms with E-state index in [1.165, 1.54) is 5.01 Å². The second-order valence-electron chi connectivity index (χ2n) is 6.27. The molecule has 0 radical (unpaired) electrons. The molecule has 0 aliphatic heterocycles. The van der Waals surface area contributed by atoms with E-state index in [0.717, 1.165) is 41.5 Å². The molecular weight excluding hydrogens is 322 g/mol. The molecule has 2 heterocycles. The van der Waals surface area contributed by atoms with Crippen LogP contribution in [0, 0.1) is 6.92 Å². The zero-order chi connectivity index (χ0) is 16.5. The fourth-order valence-corrected chi connectivity index (χ4v) is 4.26. The molecule has 1 aromatic carbocycles. The van der Waals surface area contributed by atoms with Gasteiger partial charge in [-0.25, -0.2) is 9.78 Å². The first-order chi connectivity index (χ1) is 11.7. The van der Waals surface area contributed by atoms with Crippen LogP contribution in [0.4, 0.5) is 10.5 Å². The van der Waals surface area contributed by atoms with Crippen molar-refractivity contribution in [3.05, 3.63) is 40.5 Å². The van der Waals surface area contributed by atoms with Gasteiger partial charge in [-0.1, -0.05) is 6.07 Å². The maximum atomic E-state index is 12.3. The van der Waals surface area contributed by atoms with Gasteiger partial charge in [-0.2, -0.15) is 5.10 Å². The Balaban J connectivity index is 1.37. The molecule has 2 aromatic heterocycles. The van der Waals surface area contributed by atoms with E-state index < -0.39 is 0 Å². The van der Waals surface area contributed by atoms with Gasteiger partial charge in [0.05, 0.1) is 22.4 Å². The number of rotatable bonds is 3. The Morgan fingerprint density at radius 3 is 3.12 bits per heavy atom. The van der Waals surface area contributed by atoms with Crippen molar-refractivity contribution in [2.24, 2.45) is 0 Å². The van der Waals surface area contributed by atoms with Gasteiger partial charge in [0.25, 0.3) is 0 Å². The number of carbonyl (C=O) groups excluding carboxylic acids is 1. The van der Waals surface area contributed by atoms with E-state index in [1.807, 2.05) is 25.1 Å². The highest BCUT2D eigenvalue weighted by Gasteiger charge is 2.28. The number of H-pyrrole nitrogens is 1. The van der Waals surface area contributed by atoms with Crippen LogP contribution in [0.1, 0.15) is 35.9 Å². The number of thiazole rings is 1. The van der Waals surface area contributed by atoms with Gasteiger partial charge >= 0.3 is 6.03 Å². The fourth-order valence-electron chi connectivity index (χ4n) is 3.32. The summed E-state index contributed by atoms with van der Waals surface area (Å²) in [4.78, 5) is 16.9. The average molecular weight is 341 g/mol. The maximum Gasteiger partial charge on any atom is 0.319 e. The SMILES string of the molecule is Cc1csc([C@H]2CC[C@@H](NC(=O)Nc3cccc4[nH]ncc34)C2)n1. The smallest absolute Gasteiger partial charge is 0.319 e. The second-order valence-corrected chi connectivity index (χ2v) is 7.16. The van der Waals surface area contributed by atoms with Crippen molar-refractivity contribution in [3.63, 3.8) is 0 Å². The van der Waals surface area contributed by atoms with Gasteiger partial charge in [0.15, 0.2) is 0 Å². The number of aryl methyl sites for hydroxylation is 1. The first-order valence-electron chi connectivity index (χ1n) is 8.10. The number of aromatic nitrogens is 3. The molecule has 0 saturated heterocycles. The third kappa shape index (κ3) is 2.99. The molecule has 7 heteroatoms. The number of aromatic amines is 1. The first-order valence-corrected chi connectivity index (χ1v) is 8.98. The van der Waals surface area contributed by atoms with Crippen LogP contribution in [0.2, 0.25) is 0 Å². The van der Waals surface area contributed by atoms with Crippen LogP contribution < -0.4 is 10.6 Å². The number of hydrogen-bond donors (Lipinski definition) is 3. The standard InChI is InChI=1S/C17H19N5OS/c1-10-9-24-16(19-10)11-5-6-12(7-11)20-17(23)21-14-3-2-4-15-13(14)8-18-22-15/h2-4,8-9,11-12H,5-7H2,1H3,(H,18,22)(H2,20,21,23)/t11-,12+/m0/s1. The summed E-state index contributed by atoms with van der Waals surface area (Å²) in [5, 5.41) is 17.1. The lowest BCUT2D eigenvalue weighted by Crippen LogP contribution is -2.36. The molecule has 24 heavy (non-hydrogen) atoms. The molecule has 2 atom stereocenters. The number of benzene rings is 1. The Morgan fingerprint density at radius 1 is 1.38 bits per heavy atom. The normalized spacial score (nSPS) is 20.4. The van der Waals surface area contributed by atoms with Gasteiger partial charge in [-0.15, -0.1) is 11.3 Å². The number of nitrogens with zero attached hydrogens (tertiary/aromatic N) is 2. The van der Waals surface area contributed by atoms with Crippen molar-refractivity contribution in [2.45, 2.75) is 38.1 Å². The van der Waals surface area contributed by atoms with Gasteiger partial charge in [0, 0.05) is 28.4 Å². The van der Waals surface area contributed by atoms with Crippen LogP contribution >= 0.6 is 11.3 Å². The summed E-state index contributed by atoms with van der Waals surface area (Å²) in [7, 11) is 0. The highest BCUT2D eigenvalue weighted by atomic mass is 32.1. The molecular formula is C17H19N5OS. The van der Waals surface area contributed by atoms with Crippen LogP contribution in [-0.2, 0) is 0 Å². The van der Waals surface area contributed by atoms with Crippen LogP contribution in [0.3, 0.4) is 0 Å². The van der Waals surface area contributed by atoms with Crippen LogP contribution in [0.25, 0.3) is 10.9 Å². The summed E-state index contributed by atoms with van der Waals surface area (Å²) in [5.41, 5.74) is 2.76. The topological polar surface area (TPSA) is 82.7 Å². The molecule has 3 aromatic rings.